The van der Waals surface area contributed by atoms with E-state index in [1.807, 2.05) is 25.1 Å². The standard InChI is InChI=1S/C17H27NO2/c1-2-20-16-12-8-9-14(17(16)19)13-18-15-10-6-4-3-5-7-11-15/h8-9,12,15,18-19H,2-7,10-11,13H2,1H3. The van der Waals surface area contributed by atoms with Crippen molar-refractivity contribution in [3.63, 3.8) is 0 Å². The molecule has 1 aromatic rings. The molecule has 3 heteroatoms. The van der Waals surface area contributed by atoms with Gasteiger partial charge in [-0.1, -0.05) is 44.2 Å². The molecule has 1 aliphatic rings. The number of hydrogen-bond donors (Lipinski definition) is 2. The summed E-state index contributed by atoms with van der Waals surface area (Å²) in [4.78, 5) is 0. The van der Waals surface area contributed by atoms with E-state index in [9.17, 15) is 5.11 Å². The fourth-order valence-electron chi connectivity index (χ4n) is 2.90. The molecule has 0 bridgehead atoms. The van der Waals surface area contributed by atoms with Crippen LogP contribution in [0, 0.1) is 0 Å². The molecule has 1 aromatic carbocycles. The van der Waals surface area contributed by atoms with Gasteiger partial charge in [0, 0.05) is 18.2 Å². The van der Waals surface area contributed by atoms with Gasteiger partial charge in [0.25, 0.3) is 0 Å². The van der Waals surface area contributed by atoms with E-state index >= 15 is 0 Å². The topological polar surface area (TPSA) is 41.5 Å². The van der Waals surface area contributed by atoms with Crippen LogP contribution < -0.4 is 10.1 Å². The summed E-state index contributed by atoms with van der Waals surface area (Å²) in [5.74, 6) is 0.872. The van der Waals surface area contributed by atoms with Crippen LogP contribution >= 0.6 is 0 Å². The van der Waals surface area contributed by atoms with Gasteiger partial charge in [-0.2, -0.15) is 0 Å². The van der Waals surface area contributed by atoms with E-state index in [0.717, 1.165) is 12.1 Å². The molecule has 0 saturated heterocycles. The fraction of sp³-hybridized carbons (Fsp3) is 0.647. The number of rotatable bonds is 5. The summed E-state index contributed by atoms with van der Waals surface area (Å²) in [7, 11) is 0. The molecule has 0 atom stereocenters. The minimum atomic E-state index is 0.285. The van der Waals surface area contributed by atoms with Crippen LogP contribution in [0.5, 0.6) is 11.5 Å². The molecule has 112 valence electrons. The Kier molecular flexibility index (Phi) is 6.19. The van der Waals surface area contributed by atoms with Gasteiger partial charge in [-0.15, -0.1) is 0 Å². The second-order valence-electron chi connectivity index (χ2n) is 5.62. The van der Waals surface area contributed by atoms with Gasteiger partial charge in [-0.25, -0.2) is 0 Å². The molecule has 0 heterocycles. The van der Waals surface area contributed by atoms with Crippen molar-refractivity contribution in [3.05, 3.63) is 23.8 Å². The van der Waals surface area contributed by atoms with Gasteiger partial charge in [0.2, 0.25) is 0 Å². The molecule has 0 radical (unpaired) electrons. The maximum atomic E-state index is 10.2. The molecule has 2 rings (SSSR count). The lowest BCUT2D eigenvalue weighted by Gasteiger charge is -2.21. The first-order chi connectivity index (χ1) is 9.81. The number of phenolic OH excluding ortho intramolecular Hbond substituents is 1. The summed E-state index contributed by atoms with van der Waals surface area (Å²) in [5, 5.41) is 13.8. The Balaban J connectivity index is 1.90. The van der Waals surface area contributed by atoms with Crippen molar-refractivity contribution in [2.45, 2.75) is 64.5 Å². The molecular formula is C17H27NO2. The van der Waals surface area contributed by atoms with E-state index in [0.29, 0.717) is 18.4 Å². The maximum absolute atomic E-state index is 10.2. The molecule has 2 N–H and O–H groups in total. The van der Waals surface area contributed by atoms with Crippen molar-refractivity contribution in [1.29, 1.82) is 0 Å². The highest BCUT2D eigenvalue weighted by atomic mass is 16.5. The van der Waals surface area contributed by atoms with Crippen LogP contribution in [0.3, 0.4) is 0 Å². The quantitative estimate of drug-likeness (QED) is 0.855. The van der Waals surface area contributed by atoms with Gasteiger partial charge in [0.1, 0.15) is 0 Å². The van der Waals surface area contributed by atoms with Crippen LogP contribution in [0.15, 0.2) is 18.2 Å². The number of ether oxygens (including phenoxy) is 1. The second kappa shape index (κ2) is 8.15. The highest BCUT2D eigenvalue weighted by Gasteiger charge is 2.13. The first-order valence-corrected chi connectivity index (χ1v) is 7.98. The minimum Gasteiger partial charge on any atom is -0.504 e. The largest absolute Gasteiger partial charge is 0.504 e. The highest BCUT2D eigenvalue weighted by Crippen LogP contribution is 2.30. The van der Waals surface area contributed by atoms with Crippen molar-refractivity contribution >= 4 is 0 Å². The summed E-state index contributed by atoms with van der Waals surface area (Å²) in [6.45, 7) is 3.23. The first-order valence-electron chi connectivity index (χ1n) is 7.98. The van der Waals surface area contributed by atoms with Crippen molar-refractivity contribution in [1.82, 2.24) is 5.32 Å². The molecular weight excluding hydrogens is 250 g/mol. The Bertz CT molecular complexity index is 398. The van der Waals surface area contributed by atoms with E-state index in [4.69, 9.17) is 4.74 Å². The Morgan fingerprint density at radius 2 is 1.85 bits per heavy atom. The van der Waals surface area contributed by atoms with Crippen LogP contribution in [0.25, 0.3) is 0 Å². The van der Waals surface area contributed by atoms with Crippen molar-refractivity contribution in [3.8, 4) is 11.5 Å². The third-order valence-electron chi connectivity index (χ3n) is 4.07. The number of para-hydroxylation sites is 1. The van der Waals surface area contributed by atoms with Crippen molar-refractivity contribution in [2.24, 2.45) is 0 Å². The maximum Gasteiger partial charge on any atom is 0.162 e. The summed E-state index contributed by atoms with van der Waals surface area (Å²) < 4.78 is 5.43. The third kappa shape index (κ3) is 4.41. The molecule has 0 aromatic heterocycles. The van der Waals surface area contributed by atoms with Gasteiger partial charge >= 0.3 is 0 Å². The van der Waals surface area contributed by atoms with Crippen LogP contribution in [-0.2, 0) is 6.54 Å². The number of benzene rings is 1. The zero-order valence-corrected chi connectivity index (χ0v) is 12.5. The molecule has 0 amide bonds. The highest BCUT2D eigenvalue weighted by molar-refractivity contribution is 5.45. The van der Waals surface area contributed by atoms with Crippen molar-refractivity contribution in [2.75, 3.05) is 6.61 Å². The smallest absolute Gasteiger partial charge is 0.162 e. The van der Waals surface area contributed by atoms with E-state index in [1.54, 1.807) is 0 Å². The van der Waals surface area contributed by atoms with E-state index in [2.05, 4.69) is 5.32 Å². The Labute approximate surface area is 122 Å². The van der Waals surface area contributed by atoms with Gasteiger partial charge in [0.05, 0.1) is 6.61 Å². The second-order valence-corrected chi connectivity index (χ2v) is 5.62. The number of hydrogen-bond acceptors (Lipinski definition) is 3. The van der Waals surface area contributed by atoms with Crippen LogP contribution in [-0.4, -0.2) is 17.8 Å². The number of nitrogens with one attached hydrogen (secondary N) is 1. The predicted octanol–water partition coefficient (Wildman–Crippen LogP) is 3.99. The monoisotopic (exact) mass is 277 g/mol. The van der Waals surface area contributed by atoms with E-state index in [-0.39, 0.29) is 5.75 Å². The normalized spacial score (nSPS) is 17.4. The summed E-state index contributed by atoms with van der Waals surface area (Å²) in [5.41, 5.74) is 0.929. The Hall–Kier alpha value is -1.22. The SMILES string of the molecule is CCOc1cccc(CNC2CCCCCCC2)c1O. The Morgan fingerprint density at radius 1 is 1.15 bits per heavy atom. The lowest BCUT2D eigenvalue weighted by molar-refractivity contribution is 0.315. The third-order valence-corrected chi connectivity index (χ3v) is 4.07. The molecule has 1 fully saturated rings. The average molecular weight is 277 g/mol. The molecule has 1 aliphatic carbocycles. The Morgan fingerprint density at radius 3 is 2.55 bits per heavy atom. The molecule has 0 spiro atoms. The van der Waals surface area contributed by atoms with E-state index in [1.165, 1.54) is 44.9 Å². The molecule has 1 saturated carbocycles. The lowest BCUT2D eigenvalue weighted by atomic mass is 9.96. The first kappa shape index (κ1) is 15.2. The van der Waals surface area contributed by atoms with Crippen molar-refractivity contribution < 1.29 is 9.84 Å². The molecule has 20 heavy (non-hydrogen) atoms. The fourth-order valence-corrected chi connectivity index (χ4v) is 2.90. The molecule has 3 nitrogen and oxygen atoms in total. The van der Waals surface area contributed by atoms with Crippen LogP contribution in [0.1, 0.15) is 57.4 Å². The van der Waals surface area contributed by atoms with Gasteiger partial charge in [-0.05, 0) is 25.8 Å². The minimum absolute atomic E-state index is 0.285. The molecule has 0 aliphatic heterocycles. The zero-order valence-electron chi connectivity index (χ0n) is 12.5. The summed E-state index contributed by atoms with van der Waals surface area (Å²) >= 11 is 0. The number of phenols is 1. The van der Waals surface area contributed by atoms with Gasteiger partial charge in [0.15, 0.2) is 11.5 Å². The zero-order chi connectivity index (χ0) is 14.2. The summed E-state index contributed by atoms with van der Waals surface area (Å²) in [6.07, 6.45) is 9.28. The molecule has 0 unspecified atom stereocenters. The van der Waals surface area contributed by atoms with Gasteiger partial charge in [-0.3, -0.25) is 0 Å². The summed E-state index contributed by atoms with van der Waals surface area (Å²) in [6, 6.07) is 6.32. The number of aromatic hydroxyl groups is 1. The lowest BCUT2D eigenvalue weighted by Crippen LogP contribution is -2.29. The van der Waals surface area contributed by atoms with Crippen LogP contribution in [0.4, 0.5) is 0 Å². The van der Waals surface area contributed by atoms with Gasteiger partial charge < -0.3 is 15.2 Å². The average Bonchev–Trinajstić information content (AvgIpc) is 2.41. The van der Waals surface area contributed by atoms with Crippen LogP contribution in [0.2, 0.25) is 0 Å². The van der Waals surface area contributed by atoms with E-state index < -0.39 is 0 Å². The predicted molar refractivity (Wildman–Crippen MR) is 82.2 cm³/mol.